The van der Waals surface area contributed by atoms with E-state index in [9.17, 15) is 0 Å². The number of methoxy groups -OCH3 is 2. The van der Waals surface area contributed by atoms with Crippen molar-refractivity contribution in [3.8, 4) is 44.3 Å². The summed E-state index contributed by atoms with van der Waals surface area (Å²) in [4.78, 5) is 16.9. The second-order valence-corrected chi connectivity index (χ2v) is 10.1. The minimum atomic E-state index is 0.378. The van der Waals surface area contributed by atoms with Crippen molar-refractivity contribution >= 4 is 49.8 Å². The molecular formula is C27H24BrN5O2S. The van der Waals surface area contributed by atoms with E-state index in [1.807, 2.05) is 37.7 Å². The van der Waals surface area contributed by atoms with Gasteiger partial charge in [-0.05, 0) is 51.8 Å². The number of anilines is 2. The molecule has 7 nitrogen and oxygen atoms in total. The highest BCUT2D eigenvalue weighted by molar-refractivity contribution is 9.10. The molecule has 0 aliphatic heterocycles. The fourth-order valence-electron chi connectivity index (χ4n) is 4.21. The number of hydrogen-bond acceptors (Lipinski definition) is 8. The van der Waals surface area contributed by atoms with Crippen LogP contribution in [0.4, 0.5) is 11.5 Å². The normalized spacial score (nSPS) is 11.0. The van der Waals surface area contributed by atoms with E-state index in [4.69, 9.17) is 20.2 Å². The SMILES string of the molecule is COc1ccc(-c2c(-c3ccc(N(C)C)cc3)nc3ncnc(N)c3c2-c2cc(Br)cs2)cc1OC. The van der Waals surface area contributed by atoms with Crippen molar-refractivity contribution in [3.63, 3.8) is 0 Å². The first-order chi connectivity index (χ1) is 17.4. The van der Waals surface area contributed by atoms with Gasteiger partial charge in [0.05, 0.1) is 25.3 Å². The topological polar surface area (TPSA) is 86.4 Å². The van der Waals surface area contributed by atoms with Gasteiger partial charge in [0, 0.05) is 51.2 Å². The molecule has 2 N–H and O–H groups in total. The lowest BCUT2D eigenvalue weighted by molar-refractivity contribution is 0.355. The van der Waals surface area contributed by atoms with Gasteiger partial charge >= 0.3 is 0 Å². The molecule has 0 radical (unpaired) electrons. The maximum absolute atomic E-state index is 6.44. The fourth-order valence-corrected chi connectivity index (χ4v) is 5.69. The number of nitrogen functional groups attached to an aromatic ring is 1. The quantitative estimate of drug-likeness (QED) is 0.252. The molecule has 5 rings (SSSR count). The number of rotatable bonds is 6. The fraction of sp³-hybridized carbons (Fsp3) is 0.148. The Morgan fingerprint density at radius 3 is 2.25 bits per heavy atom. The number of halogens is 1. The van der Waals surface area contributed by atoms with Crippen molar-refractivity contribution in [3.05, 3.63) is 64.7 Å². The maximum Gasteiger partial charge on any atom is 0.165 e. The van der Waals surface area contributed by atoms with E-state index in [1.165, 1.54) is 6.33 Å². The molecule has 2 aromatic carbocycles. The first kappa shape index (κ1) is 24.0. The van der Waals surface area contributed by atoms with Crippen molar-refractivity contribution in [1.82, 2.24) is 15.0 Å². The number of ether oxygens (including phenoxy) is 2. The molecule has 0 aliphatic carbocycles. The first-order valence-electron chi connectivity index (χ1n) is 11.1. The van der Waals surface area contributed by atoms with Crippen LogP contribution in [0.5, 0.6) is 11.5 Å². The lowest BCUT2D eigenvalue weighted by Crippen LogP contribution is -2.08. The number of benzene rings is 2. The van der Waals surface area contributed by atoms with Crippen LogP contribution in [-0.4, -0.2) is 43.3 Å². The van der Waals surface area contributed by atoms with Crippen LogP contribution in [-0.2, 0) is 0 Å². The zero-order chi connectivity index (χ0) is 25.4. The summed E-state index contributed by atoms with van der Waals surface area (Å²) in [5, 5.41) is 2.76. The van der Waals surface area contributed by atoms with E-state index in [1.54, 1.807) is 25.6 Å². The summed E-state index contributed by atoms with van der Waals surface area (Å²) in [7, 11) is 7.29. The predicted molar refractivity (Wildman–Crippen MR) is 151 cm³/mol. The van der Waals surface area contributed by atoms with Gasteiger partial charge in [0.1, 0.15) is 12.1 Å². The Kier molecular flexibility index (Phi) is 6.51. The Morgan fingerprint density at radius 1 is 0.889 bits per heavy atom. The average molecular weight is 562 g/mol. The van der Waals surface area contributed by atoms with Gasteiger partial charge in [0.25, 0.3) is 0 Å². The minimum Gasteiger partial charge on any atom is -0.493 e. The van der Waals surface area contributed by atoms with E-state index in [0.29, 0.717) is 28.4 Å². The van der Waals surface area contributed by atoms with Gasteiger partial charge in [-0.3, -0.25) is 0 Å². The number of fused-ring (bicyclic) bond motifs is 1. The van der Waals surface area contributed by atoms with Gasteiger partial charge in [0.2, 0.25) is 0 Å². The molecule has 0 unspecified atom stereocenters. The van der Waals surface area contributed by atoms with E-state index in [-0.39, 0.29) is 0 Å². The number of thiophene rings is 1. The average Bonchev–Trinajstić information content (AvgIpc) is 3.33. The summed E-state index contributed by atoms with van der Waals surface area (Å²) in [6, 6.07) is 16.3. The zero-order valence-electron chi connectivity index (χ0n) is 20.2. The smallest absolute Gasteiger partial charge is 0.165 e. The highest BCUT2D eigenvalue weighted by Gasteiger charge is 2.24. The summed E-state index contributed by atoms with van der Waals surface area (Å²) in [5.74, 6) is 1.65. The lowest BCUT2D eigenvalue weighted by atomic mass is 9.91. The van der Waals surface area contributed by atoms with Crippen molar-refractivity contribution in [2.24, 2.45) is 0 Å². The van der Waals surface area contributed by atoms with Crippen LogP contribution in [0.2, 0.25) is 0 Å². The third-order valence-electron chi connectivity index (χ3n) is 5.95. The Hall–Kier alpha value is -3.69. The molecule has 36 heavy (non-hydrogen) atoms. The van der Waals surface area contributed by atoms with Crippen LogP contribution < -0.4 is 20.1 Å². The third-order valence-corrected chi connectivity index (χ3v) is 7.66. The molecular weight excluding hydrogens is 538 g/mol. The summed E-state index contributed by atoms with van der Waals surface area (Å²) in [5.41, 5.74) is 12.6. The molecule has 0 fully saturated rings. The molecule has 0 amide bonds. The molecule has 5 aromatic rings. The van der Waals surface area contributed by atoms with Crippen LogP contribution in [0, 0.1) is 0 Å². The van der Waals surface area contributed by atoms with Gasteiger partial charge in [-0.15, -0.1) is 11.3 Å². The molecule has 0 saturated carbocycles. The number of nitrogens with two attached hydrogens (primary N) is 1. The van der Waals surface area contributed by atoms with Gasteiger partial charge in [-0.1, -0.05) is 18.2 Å². The summed E-state index contributed by atoms with van der Waals surface area (Å²) in [6.45, 7) is 0. The van der Waals surface area contributed by atoms with Gasteiger partial charge in [-0.25, -0.2) is 15.0 Å². The third kappa shape index (κ3) is 4.25. The van der Waals surface area contributed by atoms with E-state index in [0.717, 1.165) is 43.0 Å². The molecule has 0 bridgehead atoms. The summed E-state index contributed by atoms with van der Waals surface area (Å²) >= 11 is 5.23. The lowest BCUT2D eigenvalue weighted by Gasteiger charge is -2.19. The number of pyridine rings is 1. The maximum atomic E-state index is 6.44. The van der Waals surface area contributed by atoms with Gasteiger partial charge in [0.15, 0.2) is 17.1 Å². The zero-order valence-corrected chi connectivity index (χ0v) is 22.6. The Labute approximate surface area is 221 Å². The standard InChI is InChI=1S/C27H24BrN5O2S/c1-33(2)18-8-5-15(6-9-18)25-22(16-7-10-19(34-3)20(11-16)35-4)23(21-12-17(28)13-36-21)24-26(29)30-14-31-27(24)32-25/h5-14H,1-4H3,(H2,29,30,31,32). The van der Waals surface area contributed by atoms with Crippen LogP contribution >= 0.6 is 27.3 Å². The van der Waals surface area contributed by atoms with Crippen LogP contribution in [0.1, 0.15) is 0 Å². The number of aromatic nitrogens is 3. The van der Waals surface area contributed by atoms with Crippen molar-refractivity contribution < 1.29 is 9.47 Å². The monoisotopic (exact) mass is 561 g/mol. The van der Waals surface area contributed by atoms with Crippen molar-refractivity contribution in [2.45, 2.75) is 0 Å². The Bertz CT molecular complexity index is 1570. The van der Waals surface area contributed by atoms with E-state index in [2.05, 4.69) is 61.1 Å². The van der Waals surface area contributed by atoms with Crippen LogP contribution in [0.15, 0.2) is 64.7 Å². The largest absolute Gasteiger partial charge is 0.493 e. The predicted octanol–water partition coefficient (Wildman–Crippen LogP) is 6.52. The van der Waals surface area contributed by atoms with E-state index < -0.39 is 0 Å². The second kappa shape index (κ2) is 9.75. The summed E-state index contributed by atoms with van der Waals surface area (Å²) < 4.78 is 12.1. The summed E-state index contributed by atoms with van der Waals surface area (Å²) in [6.07, 6.45) is 1.45. The minimum absolute atomic E-state index is 0.378. The van der Waals surface area contributed by atoms with Crippen LogP contribution in [0.25, 0.3) is 43.9 Å². The molecule has 9 heteroatoms. The van der Waals surface area contributed by atoms with Crippen molar-refractivity contribution in [2.75, 3.05) is 38.9 Å². The molecule has 0 aliphatic rings. The molecule has 0 spiro atoms. The first-order valence-corrected chi connectivity index (χ1v) is 12.8. The van der Waals surface area contributed by atoms with Crippen molar-refractivity contribution in [1.29, 1.82) is 0 Å². The highest BCUT2D eigenvalue weighted by atomic mass is 79.9. The molecule has 3 heterocycles. The van der Waals surface area contributed by atoms with Gasteiger partial charge < -0.3 is 20.1 Å². The molecule has 0 saturated heterocycles. The van der Waals surface area contributed by atoms with E-state index >= 15 is 0 Å². The van der Waals surface area contributed by atoms with Gasteiger partial charge in [-0.2, -0.15) is 0 Å². The number of nitrogens with zero attached hydrogens (tertiary/aromatic N) is 4. The molecule has 182 valence electrons. The molecule has 3 aromatic heterocycles. The van der Waals surface area contributed by atoms with Crippen LogP contribution in [0.3, 0.4) is 0 Å². The second-order valence-electron chi connectivity index (χ2n) is 8.31. The Balaban J connectivity index is 1.92. The number of hydrogen-bond donors (Lipinski definition) is 1. The molecule has 0 atom stereocenters. The Morgan fingerprint density at radius 2 is 1.61 bits per heavy atom. The highest BCUT2D eigenvalue weighted by Crippen LogP contribution is 2.47.